The number of allylic oxidation sites excluding steroid dienone is 1. The summed E-state index contributed by atoms with van der Waals surface area (Å²) in [7, 11) is 0. The highest BCUT2D eigenvalue weighted by molar-refractivity contribution is 6.32. The molecule has 0 radical (unpaired) electrons. The SMILES string of the molecule is O=CCC=Cc1ccc(Cl)c(CCl)c1. The van der Waals surface area contributed by atoms with E-state index in [-0.39, 0.29) is 0 Å². The van der Waals surface area contributed by atoms with Gasteiger partial charge < -0.3 is 4.79 Å². The van der Waals surface area contributed by atoms with Gasteiger partial charge in [0, 0.05) is 17.3 Å². The van der Waals surface area contributed by atoms with Crippen LogP contribution in [0.2, 0.25) is 5.02 Å². The molecule has 0 aliphatic carbocycles. The van der Waals surface area contributed by atoms with Crippen LogP contribution in [0.25, 0.3) is 6.08 Å². The van der Waals surface area contributed by atoms with E-state index >= 15 is 0 Å². The Hall–Kier alpha value is -0.790. The Labute approximate surface area is 93.3 Å². The molecule has 1 nitrogen and oxygen atoms in total. The van der Waals surface area contributed by atoms with Crippen LogP contribution in [0.15, 0.2) is 24.3 Å². The van der Waals surface area contributed by atoms with Gasteiger partial charge in [-0.1, -0.05) is 29.8 Å². The molecule has 74 valence electrons. The highest BCUT2D eigenvalue weighted by Gasteiger charge is 1.98. The van der Waals surface area contributed by atoms with Crippen LogP contribution in [-0.2, 0) is 10.7 Å². The first-order chi connectivity index (χ1) is 6.77. The predicted octanol–water partition coefficient (Wildman–Crippen LogP) is 3.68. The molecule has 3 heteroatoms. The molecule has 0 aliphatic rings. The summed E-state index contributed by atoms with van der Waals surface area (Å²) >= 11 is 11.6. The molecule has 0 aliphatic heterocycles. The molecule has 14 heavy (non-hydrogen) atoms. The van der Waals surface area contributed by atoms with Crippen molar-refractivity contribution in [3.8, 4) is 0 Å². The van der Waals surface area contributed by atoms with Gasteiger partial charge >= 0.3 is 0 Å². The Bertz CT molecular complexity index is 345. The molecule has 0 heterocycles. The first-order valence-corrected chi connectivity index (χ1v) is 5.13. The molecule has 0 spiro atoms. The molecule has 0 saturated carbocycles. The highest BCUT2D eigenvalue weighted by atomic mass is 35.5. The van der Waals surface area contributed by atoms with Crippen molar-refractivity contribution < 1.29 is 4.79 Å². The monoisotopic (exact) mass is 228 g/mol. The van der Waals surface area contributed by atoms with Crippen LogP contribution >= 0.6 is 23.2 Å². The Balaban J connectivity index is 2.83. The topological polar surface area (TPSA) is 17.1 Å². The van der Waals surface area contributed by atoms with E-state index in [0.717, 1.165) is 17.4 Å². The Kier molecular flexibility index (Phi) is 4.71. The van der Waals surface area contributed by atoms with Crippen LogP contribution in [0, 0.1) is 0 Å². The average molecular weight is 229 g/mol. The van der Waals surface area contributed by atoms with Gasteiger partial charge in [0.05, 0.1) is 0 Å². The molecular weight excluding hydrogens is 219 g/mol. The Morgan fingerprint density at radius 3 is 2.79 bits per heavy atom. The third-order valence-electron chi connectivity index (χ3n) is 1.76. The molecule has 0 fully saturated rings. The second-order valence-corrected chi connectivity index (χ2v) is 3.46. The van der Waals surface area contributed by atoms with Crippen molar-refractivity contribution in [2.45, 2.75) is 12.3 Å². The minimum atomic E-state index is 0.397. The summed E-state index contributed by atoms with van der Waals surface area (Å²) in [6.45, 7) is 0. The number of aldehydes is 1. The van der Waals surface area contributed by atoms with Crippen LogP contribution in [-0.4, -0.2) is 6.29 Å². The van der Waals surface area contributed by atoms with E-state index in [1.807, 2.05) is 18.2 Å². The van der Waals surface area contributed by atoms with Crippen LogP contribution < -0.4 is 0 Å². The summed E-state index contributed by atoms with van der Waals surface area (Å²) in [5.74, 6) is 0.397. The summed E-state index contributed by atoms with van der Waals surface area (Å²) in [5, 5.41) is 0.674. The first-order valence-electron chi connectivity index (χ1n) is 4.22. The molecular formula is C11H10Cl2O. The number of carbonyl (C=O) groups is 1. The van der Waals surface area contributed by atoms with E-state index < -0.39 is 0 Å². The minimum Gasteiger partial charge on any atom is -0.303 e. The van der Waals surface area contributed by atoms with Gasteiger partial charge in [-0.25, -0.2) is 0 Å². The number of rotatable bonds is 4. The fourth-order valence-corrected chi connectivity index (χ4v) is 1.53. The van der Waals surface area contributed by atoms with Crippen molar-refractivity contribution in [2.24, 2.45) is 0 Å². The van der Waals surface area contributed by atoms with E-state index in [1.165, 1.54) is 0 Å². The summed E-state index contributed by atoms with van der Waals surface area (Å²) in [6, 6.07) is 5.61. The zero-order chi connectivity index (χ0) is 10.4. The number of alkyl halides is 1. The van der Waals surface area contributed by atoms with Crippen molar-refractivity contribution >= 4 is 35.6 Å². The molecule has 0 aromatic heterocycles. The fourth-order valence-electron chi connectivity index (χ4n) is 1.06. The van der Waals surface area contributed by atoms with Gasteiger partial charge in [0.15, 0.2) is 0 Å². The molecule has 0 N–H and O–H groups in total. The number of benzene rings is 1. The highest BCUT2D eigenvalue weighted by Crippen LogP contribution is 2.20. The molecule has 0 bridgehead atoms. The maximum atomic E-state index is 10.1. The Morgan fingerprint density at radius 2 is 2.14 bits per heavy atom. The van der Waals surface area contributed by atoms with Crippen LogP contribution in [0.1, 0.15) is 17.5 Å². The maximum Gasteiger partial charge on any atom is 0.123 e. The standard InChI is InChI=1S/C11H10Cl2O/c12-8-10-7-9(3-1-2-6-14)4-5-11(10)13/h1,3-7H,2,8H2. The van der Waals surface area contributed by atoms with Gasteiger partial charge in [0.25, 0.3) is 0 Å². The smallest absolute Gasteiger partial charge is 0.123 e. The second-order valence-electron chi connectivity index (χ2n) is 2.79. The van der Waals surface area contributed by atoms with E-state index in [1.54, 1.807) is 12.1 Å². The molecule has 1 aromatic rings. The van der Waals surface area contributed by atoms with Crippen molar-refractivity contribution in [1.29, 1.82) is 0 Å². The fraction of sp³-hybridized carbons (Fsp3) is 0.182. The second kappa shape index (κ2) is 5.84. The molecule has 0 amide bonds. The zero-order valence-electron chi connectivity index (χ0n) is 7.54. The molecule has 0 unspecified atom stereocenters. The van der Waals surface area contributed by atoms with Crippen LogP contribution in [0.4, 0.5) is 0 Å². The third-order valence-corrected chi connectivity index (χ3v) is 2.41. The van der Waals surface area contributed by atoms with Gasteiger partial charge in [-0.2, -0.15) is 0 Å². The zero-order valence-corrected chi connectivity index (χ0v) is 9.05. The summed E-state index contributed by atoms with van der Waals surface area (Å²) in [6.07, 6.45) is 4.96. The lowest BCUT2D eigenvalue weighted by molar-refractivity contribution is -0.107. The first kappa shape index (κ1) is 11.3. The van der Waals surface area contributed by atoms with E-state index in [2.05, 4.69) is 0 Å². The summed E-state index contributed by atoms with van der Waals surface area (Å²) < 4.78 is 0. The normalized spacial score (nSPS) is 10.7. The summed E-state index contributed by atoms with van der Waals surface area (Å²) in [4.78, 5) is 10.1. The largest absolute Gasteiger partial charge is 0.303 e. The van der Waals surface area contributed by atoms with Gasteiger partial charge in [-0.3, -0.25) is 0 Å². The lowest BCUT2D eigenvalue weighted by Gasteiger charge is -2.00. The number of carbonyl (C=O) groups excluding carboxylic acids is 1. The summed E-state index contributed by atoms with van der Waals surface area (Å²) in [5.41, 5.74) is 1.91. The number of hydrogen-bond acceptors (Lipinski definition) is 1. The molecule has 1 rings (SSSR count). The van der Waals surface area contributed by atoms with E-state index in [9.17, 15) is 4.79 Å². The molecule has 0 saturated heterocycles. The minimum absolute atomic E-state index is 0.397. The lowest BCUT2D eigenvalue weighted by atomic mass is 10.1. The quantitative estimate of drug-likeness (QED) is 0.568. The number of halogens is 2. The van der Waals surface area contributed by atoms with E-state index in [0.29, 0.717) is 17.3 Å². The van der Waals surface area contributed by atoms with Crippen molar-refractivity contribution in [2.75, 3.05) is 0 Å². The van der Waals surface area contributed by atoms with Gasteiger partial charge in [-0.15, -0.1) is 11.6 Å². The van der Waals surface area contributed by atoms with Crippen LogP contribution in [0.5, 0.6) is 0 Å². The van der Waals surface area contributed by atoms with Crippen molar-refractivity contribution in [3.05, 3.63) is 40.4 Å². The maximum absolute atomic E-state index is 10.1. The van der Waals surface area contributed by atoms with Gasteiger partial charge in [-0.05, 0) is 23.3 Å². The lowest BCUT2D eigenvalue weighted by Crippen LogP contribution is -1.81. The molecule has 1 aromatic carbocycles. The van der Waals surface area contributed by atoms with Crippen LogP contribution in [0.3, 0.4) is 0 Å². The van der Waals surface area contributed by atoms with E-state index in [4.69, 9.17) is 23.2 Å². The van der Waals surface area contributed by atoms with Crippen molar-refractivity contribution in [3.63, 3.8) is 0 Å². The molecule has 0 atom stereocenters. The predicted molar refractivity (Wildman–Crippen MR) is 60.7 cm³/mol. The van der Waals surface area contributed by atoms with Gasteiger partial charge in [0.2, 0.25) is 0 Å². The average Bonchev–Trinajstić information content (AvgIpc) is 2.21. The number of hydrogen-bond donors (Lipinski definition) is 0. The van der Waals surface area contributed by atoms with Crippen molar-refractivity contribution in [1.82, 2.24) is 0 Å². The Morgan fingerprint density at radius 1 is 1.36 bits per heavy atom. The van der Waals surface area contributed by atoms with Gasteiger partial charge in [0.1, 0.15) is 6.29 Å². The third kappa shape index (κ3) is 3.17.